The number of benzene rings is 1. The van der Waals surface area contributed by atoms with Crippen molar-refractivity contribution in [3.05, 3.63) is 24.0 Å². The molecule has 122 valence electrons. The smallest absolute Gasteiger partial charge is 0.414 e. The highest BCUT2D eigenvalue weighted by Gasteiger charge is 2.32. The number of nitrogens with zero attached hydrogens (tertiary/aromatic N) is 2. The fraction of sp³-hybridized carbons (Fsp3) is 0.357. The van der Waals surface area contributed by atoms with Crippen LogP contribution in [0.25, 0.3) is 0 Å². The van der Waals surface area contributed by atoms with E-state index in [2.05, 4.69) is 5.32 Å². The summed E-state index contributed by atoms with van der Waals surface area (Å²) < 4.78 is 19.2. The van der Waals surface area contributed by atoms with Crippen LogP contribution in [0.2, 0.25) is 0 Å². The number of nitrogens with one attached hydrogen (secondary N) is 1. The van der Waals surface area contributed by atoms with Gasteiger partial charge in [0.05, 0.1) is 23.9 Å². The number of ether oxygens (including phenoxy) is 1. The summed E-state index contributed by atoms with van der Waals surface area (Å²) in [5.41, 5.74) is 0.398. The highest BCUT2D eigenvalue weighted by Crippen LogP contribution is 2.30. The number of nitriles is 1. The second-order valence-corrected chi connectivity index (χ2v) is 6.81. The predicted octanol–water partition coefficient (Wildman–Crippen LogP) is 2.55. The number of carbonyl (C=O) groups excluding carboxylic acids is 2. The first kappa shape index (κ1) is 17.4. The van der Waals surface area contributed by atoms with Crippen LogP contribution in [0.3, 0.4) is 0 Å². The zero-order valence-corrected chi connectivity index (χ0v) is 13.9. The van der Waals surface area contributed by atoms with Crippen LogP contribution in [0.15, 0.2) is 23.1 Å². The Kier molecular flexibility index (Phi) is 6.12. The number of rotatable bonds is 6. The third-order valence-electron chi connectivity index (χ3n) is 3.02. The molecule has 0 radical (unpaired) electrons. The monoisotopic (exact) mass is 355 g/mol. The van der Waals surface area contributed by atoms with Crippen molar-refractivity contribution in [3.8, 4) is 5.40 Å². The summed E-state index contributed by atoms with van der Waals surface area (Å²) in [4.78, 5) is 24.5. The maximum Gasteiger partial charge on any atom is 0.414 e. The van der Waals surface area contributed by atoms with Gasteiger partial charge in [-0.05, 0) is 30.0 Å². The molecule has 1 aromatic rings. The van der Waals surface area contributed by atoms with Crippen LogP contribution in [0.1, 0.15) is 6.92 Å². The Labute approximate surface area is 141 Å². The summed E-state index contributed by atoms with van der Waals surface area (Å²) in [6.07, 6.45) is -1.03. The molecule has 0 spiro atoms. The molecule has 1 aliphatic rings. The quantitative estimate of drug-likeness (QED) is 0.365. The molecule has 6 nitrogen and oxygen atoms in total. The van der Waals surface area contributed by atoms with Crippen LogP contribution in [0, 0.1) is 16.5 Å². The molecule has 2 rings (SSSR count). The number of halogens is 1. The van der Waals surface area contributed by atoms with E-state index in [1.165, 1.54) is 29.7 Å². The fourth-order valence-electron chi connectivity index (χ4n) is 1.99. The zero-order valence-electron chi connectivity index (χ0n) is 12.2. The normalized spacial score (nSPS) is 16.8. The van der Waals surface area contributed by atoms with Crippen LogP contribution in [-0.4, -0.2) is 36.3 Å². The zero-order chi connectivity index (χ0) is 16.8. The Hall–Kier alpha value is -1.92. The number of thiocyanates is 1. The summed E-state index contributed by atoms with van der Waals surface area (Å²) in [6.45, 7) is 1.85. The van der Waals surface area contributed by atoms with Gasteiger partial charge >= 0.3 is 6.09 Å². The van der Waals surface area contributed by atoms with Gasteiger partial charge in [-0.2, -0.15) is 5.26 Å². The minimum absolute atomic E-state index is 0.206. The molecular weight excluding hydrogens is 341 g/mol. The van der Waals surface area contributed by atoms with Gasteiger partial charge in [0.2, 0.25) is 5.91 Å². The minimum Gasteiger partial charge on any atom is -0.442 e. The summed E-state index contributed by atoms with van der Waals surface area (Å²) in [7, 11) is 0. The van der Waals surface area contributed by atoms with Gasteiger partial charge in [0.15, 0.2) is 0 Å². The summed E-state index contributed by atoms with van der Waals surface area (Å²) in [6, 6.07) is 4.47. The van der Waals surface area contributed by atoms with Crippen LogP contribution in [-0.2, 0) is 9.53 Å². The van der Waals surface area contributed by atoms with Gasteiger partial charge < -0.3 is 10.1 Å². The first-order valence-corrected chi connectivity index (χ1v) is 8.64. The lowest BCUT2D eigenvalue weighted by Gasteiger charge is -2.14. The molecule has 0 bridgehead atoms. The lowest BCUT2D eigenvalue weighted by molar-refractivity contribution is -0.119. The third kappa shape index (κ3) is 4.77. The summed E-state index contributed by atoms with van der Waals surface area (Å²) >= 11 is 2.25. The molecule has 23 heavy (non-hydrogen) atoms. The standard InChI is InChI=1S/C14H14FN3O3S2/c1-9(19)17-5-11-6-18(14(20)21-11)10-2-3-13(12(15)4-10)23-8-22-7-16/h2-4,11H,5-6,8H2,1H3,(H,17,19)/t11-/m0/s1. The molecule has 1 heterocycles. The summed E-state index contributed by atoms with van der Waals surface area (Å²) in [5.74, 6) is -0.661. The van der Waals surface area contributed by atoms with Crippen molar-refractivity contribution in [2.24, 2.45) is 0 Å². The van der Waals surface area contributed by atoms with Crippen LogP contribution >= 0.6 is 23.5 Å². The third-order valence-corrected chi connectivity index (χ3v) is 4.73. The molecule has 0 saturated carbocycles. The number of anilines is 1. The Morgan fingerprint density at radius 1 is 1.61 bits per heavy atom. The molecule has 0 aromatic heterocycles. The number of hydrogen-bond acceptors (Lipinski definition) is 6. The van der Waals surface area contributed by atoms with E-state index in [1.54, 1.807) is 12.1 Å². The Morgan fingerprint density at radius 2 is 2.39 bits per heavy atom. The van der Waals surface area contributed by atoms with Crippen molar-refractivity contribution in [3.63, 3.8) is 0 Å². The van der Waals surface area contributed by atoms with Gasteiger partial charge in [-0.3, -0.25) is 9.69 Å². The van der Waals surface area contributed by atoms with Crippen LogP contribution in [0.5, 0.6) is 0 Å². The summed E-state index contributed by atoms with van der Waals surface area (Å²) in [5, 5.41) is 13.4. The fourth-order valence-corrected chi connectivity index (χ4v) is 3.31. The Bertz CT molecular complexity index is 651. The van der Waals surface area contributed by atoms with E-state index in [1.807, 2.05) is 5.40 Å². The molecule has 0 aliphatic carbocycles. The molecule has 0 unspecified atom stereocenters. The lowest BCUT2D eigenvalue weighted by atomic mass is 10.2. The predicted molar refractivity (Wildman–Crippen MR) is 86.6 cm³/mol. The van der Waals surface area contributed by atoms with Gasteiger partial charge in [-0.15, -0.1) is 11.8 Å². The molecular formula is C14H14FN3O3S2. The van der Waals surface area contributed by atoms with Crippen molar-refractivity contribution in [1.82, 2.24) is 5.32 Å². The average molecular weight is 355 g/mol. The minimum atomic E-state index is -0.569. The van der Waals surface area contributed by atoms with Crippen molar-refractivity contribution in [1.29, 1.82) is 5.26 Å². The maximum absolute atomic E-state index is 14.1. The second kappa shape index (κ2) is 8.08. The first-order chi connectivity index (χ1) is 11.0. The molecule has 1 aromatic carbocycles. The lowest BCUT2D eigenvalue weighted by Crippen LogP contribution is -2.33. The van der Waals surface area contributed by atoms with E-state index in [-0.39, 0.29) is 19.0 Å². The SMILES string of the molecule is CC(=O)NC[C@H]1CN(c2ccc(SCSC#N)c(F)c2)C(=O)O1. The Morgan fingerprint density at radius 3 is 3.04 bits per heavy atom. The number of thioether (sulfide) groups is 2. The van der Waals surface area contributed by atoms with Crippen molar-refractivity contribution >= 4 is 41.2 Å². The molecule has 1 saturated heterocycles. The maximum atomic E-state index is 14.1. The molecule has 1 aliphatic heterocycles. The highest BCUT2D eigenvalue weighted by molar-refractivity contribution is 8.18. The molecule has 2 amide bonds. The van der Waals surface area contributed by atoms with E-state index in [0.29, 0.717) is 15.7 Å². The molecule has 9 heteroatoms. The Balaban J connectivity index is 2.01. The van der Waals surface area contributed by atoms with E-state index in [0.717, 1.165) is 11.8 Å². The van der Waals surface area contributed by atoms with Crippen LogP contribution < -0.4 is 10.2 Å². The van der Waals surface area contributed by atoms with Crippen LogP contribution in [0.4, 0.5) is 14.9 Å². The second-order valence-electron chi connectivity index (χ2n) is 4.67. The molecule has 1 atom stereocenters. The number of carbonyl (C=O) groups is 2. The highest BCUT2D eigenvalue weighted by atomic mass is 32.2. The van der Waals surface area contributed by atoms with Crippen molar-refractivity contribution < 1.29 is 18.7 Å². The number of cyclic esters (lactones) is 1. The first-order valence-electron chi connectivity index (χ1n) is 6.67. The molecule has 1 N–H and O–H groups in total. The van der Waals surface area contributed by atoms with Gasteiger partial charge in [0.25, 0.3) is 0 Å². The average Bonchev–Trinajstić information content (AvgIpc) is 2.88. The van der Waals surface area contributed by atoms with Gasteiger partial charge in [-0.25, -0.2) is 9.18 Å². The largest absolute Gasteiger partial charge is 0.442 e. The number of hydrogen-bond donors (Lipinski definition) is 1. The van der Waals surface area contributed by atoms with E-state index >= 15 is 0 Å². The van der Waals surface area contributed by atoms with Gasteiger partial charge in [0, 0.05) is 11.8 Å². The topological polar surface area (TPSA) is 82.4 Å². The van der Waals surface area contributed by atoms with E-state index in [9.17, 15) is 14.0 Å². The number of amides is 2. The molecule has 1 fully saturated rings. The van der Waals surface area contributed by atoms with Gasteiger partial charge in [0.1, 0.15) is 17.3 Å². The van der Waals surface area contributed by atoms with Gasteiger partial charge in [-0.1, -0.05) is 0 Å². The van der Waals surface area contributed by atoms with E-state index in [4.69, 9.17) is 10.00 Å². The van der Waals surface area contributed by atoms with E-state index < -0.39 is 18.0 Å². The van der Waals surface area contributed by atoms with Crippen molar-refractivity contribution in [2.45, 2.75) is 17.9 Å². The van der Waals surface area contributed by atoms with Crippen molar-refractivity contribution in [2.75, 3.05) is 23.1 Å².